The molecule has 28 heavy (non-hydrogen) atoms. The third kappa shape index (κ3) is 4.20. The average molecular weight is 394 g/mol. The van der Waals surface area contributed by atoms with Gasteiger partial charge in [0.1, 0.15) is 0 Å². The molecule has 2 aromatic carbocycles. The van der Waals surface area contributed by atoms with Crippen LogP contribution < -0.4 is 10.2 Å². The number of fused-ring (bicyclic) bond motifs is 1. The molecule has 0 bridgehead atoms. The monoisotopic (exact) mass is 393 g/mol. The number of anilines is 1. The van der Waals surface area contributed by atoms with E-state index in [1.54, 1.807) is 11.3 Å². The van der Waals surface area contributed by atoms with Gasteiger partial charge in [-0.1, -0.05) is 60.7 Å². The molecule has 4 nitrogen and oxygen atoms in total. The summed E-state index contributed by atoms with van der Waals surface area (Å²) >= 11 is 1.77. The summed E-state index contributed by atoms with van der Waals surface area (Å²) in [6, 6.07) is 18.4. The van der Waals surface area contributed by atoms with Crippen LogP contribution in [-0.4, -0.2) is 30.5 Å². The van der Waals surface area contributed by atoms with Gasteiger partial charge >= 0.3 is 0 Å². The predicted octanol–water partition coefficient (Wildman–Crippen LogP) is 4.82. The van der Waals surface area contributed by atoms with E-state index in [-0.39, 0.29) is 11.8 Å². The molecule has 1 aromatic heterocycles. The standard InChI is InChI=1S/C23H27N3OS/c1-2-19(18-8-4-3-5-9-18)22(27)24-16-17-12-14-26(15-13-17)23-25-20-10-6-7-11-21(20)28-23/h3-11,17,19H,2,12-16H2,1H3,(H,24,27). The lowest BCUT2D eigenvalue weighted by molar-refractivity contribution is -0.122. The van der Waals surface area contributed by atoms with E-state index in [4.69, 9.17) is 4.98 Å². The van der Waals surface area contributed by atoms with Crippen LogP contribution in [0.5, 0.6) is 0 Å². The van der Waals surface area contributed by atoms with Gasteiger partial charge in [-0.05, 0) is 42.9 Å². The smallest absolute Gasteiger partial charge is 0.227 e. The van der Waals surface area contributed by atoms with Crippen molar-refractivity contribution in [3.05, 3.63) is 60.2 Å². The van der Waals surface area contributed by atoms with Gasteiger partial charge in [0.25, 0.3) is 0 Å². The van der Waals surface area contributed by atoms with Crippen LogP contribution >= 0.6 is 11.3 Å². The maximum atomic E-state index is 12.7. The van der Waals surface area contributed by atoms with Crippen molar-refractivity contribution in [2.24, 2.45) is 5.92 Å². The van der Waals surface area contributed by atoms with Crippen LogP contribution in [0.4, 0.5) is 5.13 Å². The highest BCUT2D eigenvalue weighted by molar-refractivity contribution is 7.22. The molecule has 0 radical (unpaired) electrons. The van der Waals surface area contributed by atoms with E-state index in [1.165, 1.54) is 4.70 Å². The first-order valence-corrected chi connectivity index (χ1v) is 11.0. The zero-order valence-electron chi connectivity index (χ0n) is 16.3. The summed E-state index contributed by atoms with van der Waals surface area (Å²) in [7, 11) is 0. The van der Waals surface area contributed by atoms with Gasteiger partial charge in [-0.2, -0.15) is 0 Å². The van der Waals surface area contributed by atoms with E-state index in [9.17, 15) is 4.79 Å². The Morgan fingerprint density at radius 2 is 1.86 bits per heavy atom. The van der Waals surface area contributed by atoms with Gasteiger partial charge in [-0.15, -0.1) is 0 Å². The third-order valence-corrected chi connectivity index (χ3v) is 6.76. The molecule has 1 saturated heterocycles. The van der Waals surface area contributed by atoms with Crippen molar-refractivity contribution in [1.82, 2.24) is 10.3 Å². The number of amides is 1. The van der Waals surface area contributed by atoms with Crippen LogP contribution in [0.1, 0.15) is 37.7 Å². The molecule has 0 aliphatic carbocycles. The van der Waals surface area contributed by atoms with E-state index in [2.05, 4.69) is 35.3 Å². The number of nitrogens with zero attached hydrogens (tertiary/aromatic N) is 2. The highest BCUT2D eigenvalue weighted by Gasteiger charge is 2.24. The van der Waals surface area contributed by atoms with E-state index in [0.29, 0.717) is 5.92 Å². The highest BCUT2D eigenvalue weighted by Crippen LogP contribution is 2.31. The van der Waals surface area contributed by atoms with Crippen molar-refractivity contribution in [2.75, 3.05) is 24.5 Å². The number of benzene rings is 2. The quantitative estimate of drug-likeness (QED) is 0.653. The summed E-state index contributed by atoms with van der Waals surface area (Å²) in [6.07, 6.45) is 3.02. The molecule has 1 fully saturated rings. The number of piperidine rings is 1. The number of carbonyl (C=O) groups excluding carboxylic acids is 1. The van der Waals surface area contributed by atoms with Crippen molar-refractivity contribution >= 4 is 32.6 Å². The van der Waals surface area contributed by atoms with Crippen LogP contribution in [0.25, 0.3) is 10.2 Å². The SMILES string of the molecule is CCC(C(=O)NCC1CCN(c2nc3ccccc3s2)CC1)c1ccccc1. The number of hydrogen-bond donors (Lipinski definition) is 1. The van der Waals surface area contributed by atoms with Gasteiger partial charge < -0.3 is 10.2 Å². The fourth-order valence-corrected chi connectivity index (χ4v) is 4.97. The van der Waals surface area contributed by atoms with Crippen LogP contribution in [0.15, 0.2) is 54.6 Å². The Labute approximate surface area is 170 Å². The topological polar surface area (TPSA) is 45.2 Å². The van der Waals surface area contributed by atoms with Gasteiger partial charge in [0.15, 0.2) is 5.13 Å². The highest BCUT2D eigenvalue weighted by atomic mass is 32.1. The Bertz CT molecular complexity index is 883. The lowest BCUT2D eigenvalue weighted by Gasteiger charge is -2.32. The molecule has 4 rings (SSSR count). The molecular weight excluding hydrogens is 366 g/mol. The number of para-hydroxylation sites is 1. The summed E-state index contributed by atoms with van der Waals surface area (Å²) in [5.74, 6) is 0.647. The van der Waals surface area contributed by atoms with Gasteiger partial charge in [0.2, 0.25) is 5.91 Å². The molecule has 2 heterocycles. The van der Waals surface area contributed by atoms with Crippen molar-refractivity contribution < 1.29 is 4.79 Å². The second-order valence-corrected chi connectivity index (χ2v) is 8.52. The lowest BCUT2D eigenvalue weighted by atomic mass is 9.94. The molecule has 1 N–H and O–H groups in total. The normalized spacial score (nSPS) is 16.2. The molecule has 3 aromatic rings. The maximum absolute atomic E-state index is 12.7. The summed E-state index contributed by atoms with van der Waals surface area (Å²) in [5.41, 5.74) is 2.19. The first kappa shape index (κ1) is 18.9. The molecule has 1 amide bonds. The molecule has 1 aliphatic heterocycles. The Morgan fingerprint density at radius 3 is 2.57 bits per heavy atom. The average Bonchev–Trinajstić information content (AvgIpc) is 3.18. The summed E-state index contributed by atoms with van der Waals surface area (Å²) in [5, 5.41) is 4.33. The van der Waals surface area contributed by atoms with Gasteiger partial charge in [0.05, 0.1) is 16.1 Å². The Morgan fingerprint density at radius 1 is 1.14 bits per heavy atom. The van der Waals surface area contributed by atoms with Crippen LogP contribution in [0.2, 0.25) is 0 Å². The maximum Gasteiger partial charge on any atom is 0.227 e. The molecule has 1 atom stereocenters. The first-order chi connectivity index (χ1) is 13.7. The third-order valence-electron chi connectivity index (χ3n) is 5.66. The number of hydrogen-bond acceptors (Lipinski definition) is 4. The zero-order chi connectivity index (χ0) is 19.3. The van der Waals surface area contributed by atoms with E-state index in [1.807, 2.05) is 36.4 Å². The molecule has 5 heteroatoms. The number of rotatable bonds is 6. The van der Waals surface area contributed by atoms with Gasteiger partial charge in [-0.3, -0.25) is 4.79 Å². The minimum Gasteiger partial charge on any atom is -0.355 e. The zero-order valence-corrected chi connectivity index (χ0v) is 17.1. The van der Waals surface area contributed by atoms with Crippen molar-refractivity contribution in [1.29, 1.82) is 0 Å². The largest absolute Gasteiger partial charge is 0.355 e. The van der Waals surface area contributed by atoms with Crippen LogP contribution in [0, 0.1) is 5.92 Å². The molecule has 146 valence electrons. The summed E-state index contributed by atoms with van der Waals surface area (Å²) in [6.45, 7) is 4.87. The Hall–Kier alpha value is -2.40. The summed E-state index contributed by atoms with van der Waals surface area (Å²) < 4.78 is 1.25. The van der Waals surface area contributed by atoms with Crippen LogP contribution in [0.3, 0.4) is 0 Å². The minimum absolute atomic E-state index is 0.0518. The lowest BCUT2D eigenvalue weighted by Crippen LogP contribution is -2.39. The number of nitrogens with one attached hydrogen (secondary N) is 1. The van der Waals surface area contributed by atoms with Crippen LogP contribution in [-0.2, 0) is 4.79 Å². The second kappa shape index (κ2) is 8.74. The van der Waals surface area contributed by atoms with Crippen molar-refractivity contribution in [3.8, 4) is 0 Å². The Balaban J connectivity index is 1.29. The second-order valence-electron chi connectivity index (χ2n) is 7.51. The Kier molecular flexibility index (Phi) is 5.91. The van der Waals surface area contributed by atoms with Gasteiger partial charge in [-0.25, -0.2) is 4.98 Å². The molecule has 0 saturated carbocycles. The van der Waals surface area contributed by atoms with Crippen molar-refractivity contribution in [2.45, 2.75) is 32.1 Å². The van der Waals surface area contributed by atoms with Crippen molar-refractivity contribution in [3.63, 3.8) is 0 Å². The first-order valence-electron chi connectivity index (χ1n) is 10.2. The predicted molar refractivity (Wildman–Crippen MR) is 117 cm³/mol. The molecular formula is C23H27N3OS. The fraction of sp³-hybridized carbons (Fsp3) is 0.391. The minimum atomic E-state index is -0.0518. The molecule has 0 spiro atoms. The number of aromatic nitrogens is 1. The molecule has 1 unspecified atom stereocenters. The number of carbonyl (C=O) groups is 1. The molecule has 1 aliphatic rings. The number of thiazole rings is 1. The fourth-order valence-electron chi connectivity index (χ4n) is 3.95. The van der Waals surface area contributed by atoms with Gasteiger partial charge in [0, 0.05) is 19.6 Å². The van der Waals surface area contributed by atoms with E-state index in [0.717, 1.165) is 55.1 Å². The summed E-state index contributed by atoms with van der Waals surface area (Å²) in [4.78, 5) is 19.8. The van der Waals surface area contributed by atoms with E-state index < -0.39 is 0 Å². The van der Waals surface area contributed by atoms with E-state index >= 15 is 0 Å².